The molecule has 1 aliphatic carbocycles. The van der Waals surface area contributed by atoms with Crippen LogP contribution in [0.25, 0.3) is 0 Å². The Morgan fingerprint density at radius 2 is 2.11 bits per heavy atom. The van der Waals surface area contributed by atoms with Gasteiger partial charge in [-0.3, -0.25) is 9.78 Å². The number of nitrogens with one attached hydrogen (secondary N) is 1. The normalized spacial score (nSPS) is 15.0. The molecule has 102 valence electrons. The number of carbonyl (C=O) groups excluding carboxylic acids is 1. The van der Waals surface area contributed by atoms with Crippen molar-refractivity contribution in [2.75, 3.05) is 6.54 Å². The molecule has 0 bridgehead atoms. The smallest absolute Gasteiger partial charge is 0.271 e. The van der Waals surface area contributed by atoms with Crippen LogP contribution in [-0.2, 0) is 0 Å². The first kappa shape index (κ1) is 17.1. The Balaban J connectivity index is 0.00000144. The molecule has 3 N–H and O–H groups in total. The lowest BCUT2D eigenvalue weighted by molar-refractivity contribution is 0.0928. The van der Waals surface area contributed by atoms with Gasteiger partial charge in [0.2, 0.25) is 0 Å². The van der Waals surface area contributed by atoms with Crippen molar-refractivity contribution >= 4 is 30.7 Å². The molecule has 18 heavy (non-hydrogen) atoms. The standard InChI is InChI=1S/C11H16N4O.2ClH/c1-7-5-14-10(6-13-7)11(16)15-9(4-12)8-2-3-8;;/h5-6,8-9H,2-4,12H2,1H3,(H,15,16);2*1H. The zero-order valence-corrected chi connectivity index (χ0v) is 11.8. The summed E-state index contributed by atoms with van der Waals surface area (Å²) < 4.78 is 0. The topological polar surface area (TPSA) is 80.9 Å². The van der Waals surface area contributed by atoms with Crippen LogP contribution in [0.2, 0.25) is 0 Å². The van der Waals surface area contributed by atoms with Gasteiger partial charge in [0, 0.05) is 18.8 Å². The molecule has 1 fully saturated rings. The average molecular weight is 293 g/mol. The first-order valence-corrected chi connectivity index (χ1v) is 5.50. The Kier molecular flexibility index (Phi) is 7.13. The van der Waals surface area contributed by atoms with Crippen LogP contribution >= 0.6 is 24.8 Å². The number of carbonyl (C=O) groups is 1. The number of rotatable bonds is 4. The Morgan fingerprint density at radius 3 is 2.56 bits per heavy atom. The minimum Gasteiger partial charge on any atom is -0.346 e. The molecule has 1 aromatic rings. The lowest BCUT2D eigenvalue weighted by Crippen LogP contribution is -2.42. The lowest BCUT2D eigenvalue weighted by Gasteiger charge is -2.15. The van der Waals surface area contributed by atoms with Crippen molar-refractivity contribution in [2.45, 2.75) is 25.8 Å². The van der Waals surface area contributed by atoms with Gasteiger partial charge in [-0.1, -0.05) is 0 Å². The summed E-state index contributed by atoms with van der Waals surface area (Å²) in [5.41, 5.74) is 6.77. The summed E-state index contributed by atoms with van der Waals surface area (Å²) >= 11 is 0. The first-order chi connectivity index (χ1) is 7.70. The van der Waals surface area contributed by atoms with E-state index in [1.165, 1.54) is 6.20 Å². The highest BCUT2D eigenvalue weighted by Crippen LogP contribution is 2.32. The first-order valence-electron chi connectivity index (χ1n) is 5.50. The maximum Gasteiger partial charge on any atom is 0.271 e. The number of amides is 1. The van der Waals surface area contributed by atoms with Crippen LogP contribution in [0.1, 0.15) is 29.0 Å². The molecule has 5 nitrogen and oxygen atoms in total. The fourth-order valence-electron chi connectivity index (χ4n) is 1.62. The van der Waals surface area contributed by atoms with E-state index < -0.39 is 0 Å². The van der Waals surface area contributed by atoms with Gasteiger partial charge in [0.1, 0.15) is 5.69 Å². The minimum atomic E-state index is -0.185. The van der Waals surface area contributed by atoms with Crippen LogP contribution < -0.4 is 11.1 Å². The van der Waals surface area contributed by atoms with Gasteiger partial charge in [-0.05, 0) is 25.7 Å². The fourth-order valence-corrected chi connectivity index (χ4v) is 1.62. The summed E-state index contributed by atoms with van der Waals surface area (Å²) in [7, 11) is 0. The second-order valence-electron chi connectivity index (χ2n) is 4.20. The van der Waals surface area contributed by atoms with E-state index in [9.17, 15) is 4.79 Å². The van der Waals surface area contributed by atoms with Crippen molar-refractivity contribution in [3.05, 3.63) is 23.8 Å². The SMILES string of the molecule is Cc1cnc(C(=O)NC(CN)C2CC2)cn1.Cl.Cl. The predicted molar refractivity (Wildman–Crippen MR) is 74.3 cm³/mol. The summed E-state index contributed by atoms with van der Waals surface area (Å²) in [6.45, 7) is 2.32. The van der Waals surface area contributed by atoms with Crippen LogP contribution in [-0.4, -0.2) is 28.5 Å². The van der Waals surface area contributed by atoms with E-state index in [4.69, 9.17) is 5.73 Å². The van der Waals surface area contributed by atoms with E-state index in [1.54, 1.807) is 6.20 Å². The number of nitrogens with zero attached hydrogens (tertiary/aromatic N) is 2. The molecule has 0 saturated heterocycles. The number of aromatic nitrogens is 2. The maximum atomic E-state index is 11.8. The van der Waals surface area contributed by atoms with Crippen molar-refractivity contribution < 1.29 is 4.79 Å². The minimum absolute atomic E-state index is 0. The van der Waals surface area contributed by atoms with E-state index >= 15 is 0 Å². The Labute approximate surface area is 119 Å². The monoisotopic (exact) mass is 292 g/mol. The third-order valence-electron chi connectivity index (χ3n) is 2.78. The van der Waals surface area contributed by atoms with Crippen LogP contribution in [0.5, 0.6) is 0 Å². The number of nitrogens with two attached hydrogens (primary N) is 1. The van der Waals surface area contributed by atoms with Gasteiger partial charge in [-0.2, -0.15) is 0 Å². The predicted octanol–water partition coefficient (Wildman–Crippen LogP) is 1.10. The number of hydrogen-bond acceptors (Lipinski definition) is 4. The van der Waals surface area contributed by atoms with E-state index in [2.05, 4.69) is 15.3 Å². The largest absolute Gasteiger partial charge is 0.346 e. The van der Waals surface area contributed by atoms with Gasteiger partial charge in [0.15, 0.2) is 0 Å². The summed E-state index contributed by atoms with van der Waals surface area (Å²) in [6, 6.07) is 0.0793. The molecule has 1 unspecified atom stereocenters. The summed E-state index contributed by atoms with van der Waals surface area (Å²) in [6.07, 6.45) is 5.39. The van der Waals surface area contributed by atoms with E-state index in [-0.39, 0.29) is 36.8 Å². The molecule has 0 radical (unpaired) electrons. The van der Waals surface area contributed by atoms with Crippen LogP contribution in [0.4, 0.5) is 0 Å². The van der Waals surface area contributed by atoms with Crippen molar-refractivity contribution in [1.82, 2.24) is 15.3 Å². The van der Waals surface area contributed by atoms with Gasteiger partial charge < -0.3 is 11.1 Å². The third kappa shape index (κ3) is 4.40. The van der Waals surface area contributed by atoms with Gasteiger partial charge in [-0.15, -0.1) is 24.8 Å². The lowest BCUT2D eigenvalue weighted by atomic mass is 10.2. The van der Waals surface area contributed by atoms with Crippen LogP contribution in [0, 0.1) is 12.8 Å². The van der Waals surface area contributed by atoms with E-state index in [1.807, 2.05) is 6.92 Å². The number of halogens is 2. The molecule has 1 aromatic heterocycles. The molecule has 1 saturated carbocycles. The van der Waals surface area contributed by atoms with Crippen molar-refractivity contribution in [1.29, 1.82) is 0 Å². The highest BCUT2D eigenvalue weighted by atomic mass is 35.5. The number of hydrogen-bond donors (Lipinski definition) is 2. The average Bonchev–Trinajstić information content (AvgIpc) is 3.10. The van der Waals surface area contributed by atoms with E-state index in [0.29, 0.717) is 18.2 Å². The molecule has 0 aromatic carbocycles. The summed E-state index contributed by atoms with van der Waals surface area (Å²) in [4.78, 5) is 19.9. The quantitative estimate of drug-likeness (QED) is 0.871. The van der Waals surface area contributed by atoms with Crippen molar-refractivity contribution in [2.24, 2.45) is 11.7 Å². The molecule has 1 aliphatic rings. The molecular weight excluding hydrogens is 275 g/mol. The molecule has 1 amide bonds. The summed E-state index contributed by atoms with van der Waals surface area (Å²) in [5.74, 6) is 0.363. The fraction of sp³-hybridized carbons (Fsp3) is 0.545. The molecule has 0 spiro atoms. The highest BCUT2D eigenvalue weighted by Gasteiger charge is 2.31. The third-order valence-corrected chi connectivity index (χ3v) is 2.78. The highest BCUT2D eigenvalue weighted by molar-refractivity contribution is 5.92. The second-order valence-corrected chi connectivity index (χ2v) is 4.20. The molecule has 0 aliphatic heterocycles. The summed E-state index contributed by atoms with van der Waals surface area (Å²) in [5, 5.41) is 2.90. The maximum absolute atomic E-state index is 11.8. The van der Waals surface area contributed by atoms with E-state index in [0.717, 1.165) is 18.5 Å². The van der Waals surface area contributed by atoms with Crippen LogP contribution in [0.15, 0.2) is 12.4 Å². The molecular formula is C11H18Cl2N4O. The molecule has 7 heteroatoms. The molecule has 1 heterocycles. The van der Waals surface area contributed by atoms with Crippen molar-refractivity contribution in [3.63, 3.8) is 0 Å². The Hall–Kier alpha value is -0.910. The molecule has 2 rings (SSSR count). The Bertz CT molecular complexity index is 381. The second kappa shape index (κ2) is 7.51. The Morgan fingerprint density at radius 1 is 1.44 bits per heavy atom. The zero-order chi connectivity index (χ0) is 11.5. The van der Waals surface area contributed by atoms with Gasteiger partial charge in [0.25, 0.3) is 5.91 Å². The van der Waals surface area contributed by atoms with Crippen molar-refractivity contribution in [3.8, 4) is 0 Å². The van der Waals surface area contributed by atoms with Gasteiger partial charge >= 0.3 is 0 Å². The molecule has 1 atom stereocenters. The zero-order valence-electron chi connectivity index (χ0n) is 10.1. The van der Waals surface area contributed by atoms with Gasteiger partial charge in [-0.25, -0.2) is 4.98 Å². The van der Waals surface area contributed by atoms with Gasteiger partial charge in [0.05, 0.1) is 11.9 Å². The van der Waals surface area contributed by atoms with Crippen LogP contribution in [0.3, 0.4) is 0 Å². The number of aryl methyl sites for hydroxylation is 1.